The van der Waals surface area contributed by atoms with Crippen molar-refractivity contribution in [3.8, 4) is 0 Å². The number of carbonyl (C=O) groups is 1. The van der Waals surface area contributed by atoms with E-state index >= 15 is 0 Å². The monoisotopic (exact) mass is 308 g/mol. The highest BCUT2D eigenvalue weighted by Crippen LogP contribution is 2.09. The smallest absolute Gasteiger partial charge is 0.254 e. The van der Waals surface area contributed by atoms with Gasteiger partial charge >= 0.3 is 0 Å². The Bertz CT molecular complexity index is 735. The molecule has 0 bridgehead atoms. The van der Waals surface area contributed by atoms with Crippen molar-refractivity contribution in [2.45, 2.75) is 18.2 Å². The van der Waals surface area contributed by atoms with Gasteiger partial charge in [0.25, 0.3) is 5.91 Å². The van der Waals surface area contributed by atoms with Gasteiger partial charge in [-0.05, 0) is 31.0 Å². The number of amides is 1. The van der Waals surface area contributed by atoms with E-state index in [2.05, 4.69) is 15.5 Å². The second-order valence-electron chi connectivity index (χ2n) is 4.60. The minimum Gasteiger partial charge on any atom is -0.352 e. The summed E-state index contributed by atoms with van der Waals surface area (Å²) in [4.78, 5) is 11.9. The zero-order chi connectivity index (χ0) is 15.5. The summed E-state index contributed by atoms with van der Waals surface area (Å²) in [5.74, 6) is -0.192. The predicted molar refractivity (Wildman–Crippen MR) is 77.2 cm³/mol. The van der Waals surface area contributed by atoms with Crippen molar-refractivity contribution in [1.29, 1.82) is 0 Å². The fraction of sp³-hybridized carbons (Fsp3) is 0.231. The predicted octanol–water partition coefficient (Wildman–Crippen LogP) is 0.338. The number of nitrogens with two attached hydrogens (primary N) is 1. The normalized spacial score (nSPS) is 11.3. The molecule has 1 amide bonds. The average molecular weight is 308 g/mol. The number of nitrogens with one attached hydrogen (secondary N) is 2. The van der Waals surface area contributed by atoms with Crippen LogP contribution in [0.5, 0.6) is 0 Å². The topological polar surface area (TPSA) is 118 Å². The molecule has 0 aliphatic rings. The number of primary sulfonamides is 1. The molecule has 0 spiro atoms. The Balaban J connectivity index is 1.89. The number of hydrogen-bond acceptors (Lipinski definition) is 4. The lowest BCUT2D eigenvalue weighted by molar-refractivity contribution is 0.0953. The number of rotatable bonds is 5. The van der Waals surface area contributed by atoms with Gasteiger partial charge in [-0.25, -0.2) is 13.6 Å². The maximum atomic E-state index is 11.8. The molecule has 0 aliphatic heterocycles. The molecule has 0 aliphatic carbocycles. The quantitative estimate of drug-likeness (QED) is 0.738. The van der Waals surface area contributed by atoms with Gasteiger partial charge in [0.05, 0.1) is 16.7 Å². The third-order valence-corrected chi connectivity index (χ3v) is 3.95. The Hall–Kier alpha value is -2.19. The van der Waals surface area contributed by atoms with Gasteiger partial charge in [-0.1, -0.05) is 12.1 Å². The van der Waals surface area contributed by atoms with Crippen LogP contribution in [0.4, 0.5) is 0 Å². The molecule has 0 fully saturated rings. The fourth-order valence-electron chi connectivity index (χ4n) is 1.84. The number of aromatic amines is 1. The van der Waals surface area contributed by atoms with Crippen molar-refractivity contribution in [1.82, 2.24) is 15.5 Å². The molecule has 21 heavy (non-hydrogen) atoms. The van der Waals surface area contributed by atoms with Gasteiger partial charge in [-0.3, -0.25) is 9.89 Å². The van der Waals surface area contributed by atoms with E-state index in [1.807, 2.05) is 0 Å². The highest BCUT2D eigenvalue weighted by molar-refractivity contribution is 7.89. The molecule has 0 saturated heterocycles. The molecule has 0 unspecified atom stereocenters. The number of H-pyrrole nitrogens is 1. The highest BCUT2D eigenvalue weighted by Gasteiger charge is 2.10. The van der Waals surface area contributed by atoms with Crippen molar-refractivity contribution in [3.05, 3.63) is 47.3 Å². The van der Waals surface area contributed by atoms with E-state index in [-0.39, 0.29) is 10.8 Å². The summed E-state index contributed by atoms with van der Waals surface area (Å²) in [6.45, 7) is 2.21. The standard InChI is InChI=1S/C13H16N4O3S/c1-9-12(8-16-17-9)13(18)15-7-6-10-2-4-11(5-3-10)21(14,19)20/h2-5,8H,6-7H2,1H3,(H,15,18)(H,16,17)(H2,14,19,20). The molecule has 2 rings (SSSR count). The van der Waals surface area contributed by atoms with E-state index < -0.39 is 10.0 Å². The Morgan fingerprint density at radius 3 is 2.52 bits per heavy atom. The molecule has 0 saturated carbocycles. The van der Waals surface area contributed by atoms with E-state index in [1.54, 1.807) is 19.1 Å². The Morgan fingerprint density at radius 2 is 2.00 bits per heavy atom. The van der Waals surface area contributed by atoms with Crippen LogP contribution >= 0.6 is 0 Å². The molecule has 112 valence electrons. The van der Waals surface area contributed by atoms with Crippen LogP contribution in [0.15, 0.2) is 35.4 Å². The van der Waals surface area contributed by atoms with Gasteiger partial charge < -0.3 is 5.32 Å². The zero-order valence-corrected chi connectivity index (χ0v) is 12.3. The summed E-state index contributed by atoms with van der Waals surface area (Å²) < 4.78 is 22.2. The SMILES string of the molecule is Cc1[nH]ncc1C(=O)NCCc1ccc(S(N)(=O)=O)cc1. The molecule has 2 aromatic rings. The molecule has 0 atom stereocenters. The summed E-state index contributed by atoms with van der Waals surface area (Å²) in [5, 5.41) is 14.3. The number of benzene rings is 1. The van der Waals surface area contributed by atoms with Gasteiger partial charge in [0.15, 0.2) is 0 Å². The maximum absolute atomic E-state index is 11.8. The van der Waals surface area contributed by atoms with Gasteiger partial charge in [0.2, 0.25) is 10.0 Å². The first-order valence-electron chi connectivity index (χ1n) is 6.28. The van der Waals surface area contributed by atoms with Crippen LogP contribution in [-0.2, 0) is 16.4 Å². The summed E-state index contributed by atoms with van der Waals surface area (Å²) in [5.41, 5.74) is 2.14. The molecular weight excluding hydrogens is 292 g/mol. The van der Waals surface area contributed by atoms with Crippen molar-refractivity contribution < 1.29 is 13.2 Å². The fourth-order valence-corrected chi connectivity index (χ4v) is 2.36. The van der Waals surface area contributed by atoms with Crippen LogP contribution < -0.4 is 10.5 Å². The van der Waals surface area contributed by atoms with E-state index in [0.29, 0.717) is 24.2 Å². The second kappa shape index (κ2) is 6.06. The third kappa shape index (κ3) is 3.89. The number of aromatic nitrogens is 2. The lowest BCUT2D eigenvalue weighted by atomic mass is 10.1. The molecule has 1 heterocycles. The molecule has 0 radical (unpaired) electrons. The number of carbonyl (C=O) groups excluding carboxylic acids is 1. The van der Waals surface area contributed by atoms with Crippen molar-refractivity contribution in [3.63, 3.8) is 0 Å². The van der Waals surface area contributed by atoms with Crippen molar-refractivity contribution in [2.24, 2.45) is 5.14 Å². The molecule has 1 aromatic heterocycles. The summed E-state index contributed by atoms with van der Waals surface area (Å²) >= 11 is 0. The number of nitrogens with zero attached hydrogens (tertiary/aromatic N) is 1. The lowest BCUT2D eigenvalue weighted by Gasteiger charge is -2.05. The first-order valence-corrected chi connectivity index (χ1v) is 7.82. The van der Waals surface area contributed by atoms with Crippen LogP contribution in [0.25, 0.3) is 0 Å². The molecule has 7 nitrogen and oxygen atoms in total. The van der Waals surface area contributed by atoms with Crippen LogP contribution in [0, 0.1) is 6.92 Å². The third-order valence-electron chi connectivity index (χ3n) is 3.03. The van der Waals surface area contributed by atoms with Crippen molar-refractivity contribution >= 4 is 15.9 Å². The first-order chi connectivity index (χ1) is 9.88. The molecule has 8 heteroatoms. The first kappa shape index (κ1) is 15.2. The Kier molecular flexibility index (Phi) is 4.39. The maximum Gasteiger partial charge on any atom is 0.254 e. The minimum atomic E-state index is -3.67. The van der Waals surface area contributed by atoms with Crippen LogP contribution in [0.2, 0.25) is 0 Å². The minimum absolute atomic E-state index is 0.0734. The van der Waals surface area contributed by atoms with E-state index in [4.69, 9.17) is 5.14 Å². The van der Waals surface area contributed by atoms with Gasteiger partial charge in [-0.15, -0.1) is 0 Å². The Labute approximate surface area is 122 Å². The van der Waals surface area contributed by atoms with E-state index in [1.165, 1.54) is 18.3 Å². The largest absolute Gasteiger partial charge is 0.352 e. The number of hydrogen-bond donors (Lipinski definition) is 3. The zero-order valence-electron chi connectivity index (χ0n) is 11.5. The second-order valence-corrected chi connectivity index (χ2v) is 6.16. The van der Waals surface area contributed by atoms with E-state index in [0.717, 1.165) is 5.56 Å². The Morgan fingerprint density at radius 1 is 1.33 bits per heavy atom. The van der Waals surface area contributed by atoms with Crippen LogP contribution in [0.3, 0.4) is 0 Å². The van der Waals surface area contributed by atoms with Crippen LogP contribution in [-0.4, -0.2) is 31.1 Å². The molecular formula is C13H16N4O3S. The number of sulfonamides is 1. The average Bonchev–Trinajstić information content (AvgIpc) is 2.84. The lowest BCUT2D eigenvalue weighted by Crippen LogP contribution is -2.26. The molecule has 1 aromatic carbocycles. The van der Waals surface area contributed by atoms with E-state index in [9.17, 15) is 13.2 Å². The summed E-state index contributed by atoms with van der Waals surface area (Å²) in [6, 6.07) is 6.25. The van der Waals surface area contributed by atoms with Gasteiger partial charge in [-0.2, -0.15) is 5.10 Å². The van der Waals surface area contributed by atoms with Gasteiger partial charge in [0.1, 0.15) is 0 Å². The summed E-state index contributed by atoms with van der Waals surface area (Å²) in [7, 11) is -3.67. The van der Waals surface area contributed by atoms with Crippen molar-refractivity contribution in [2.75, 3.05) is 6.54 Å². The summed E-state index contributed by atoms with van der Waals surface area (Å²) in [6.07, 6.45) is 2.07. The highest BCUT2D eigenvalue weighted by atomic mass is 32.2. The van der Waals surface area contributed by atoms with Crippen LogP contribution in [0.1, 0.15) is 21.6 Å². The molecule has 4 N–H and O–H groups in total. The number of aryl methyl sites for hydroxylation is 1. The van der Waals surface area contributed by atoms with Gasteiger partial charge in [0, 0.05) is 12.2 Å².